The van der Waals surface area contributed by atoms with Crippen molar-refractivity contribution < 1.29 is 14.6 Å². The molecule has 2 aliphatic heterocycles. The van der Waals surface area contributed by atoms with Crippen LogP contribution in [0.25, 0.3) is 11.3 Å². The van der Waals surface area contributed by atoms with E-state index in [-0.39, 0.29) is 5.56 Å². The molecule has 2 aromatic rings. The standard InChI is InChI=1S/C16H18N4O3.C4H10N2/c1-23-13-5-3-2-4-11(13)14-12(15(21)22)10-18-16(19-14)20-8-6-17-7-9-20;1-2-6-4-3-5-1/h2-5,10,17H,6-9H2,1H3,(H,21,22);5-6H,1-4H2. The van der Waals surface area contributed by atoms with Gasteiger partial charge in [0.15, 0.2) is 0 Å². The lowest BCUT2D eigenvalue weighted by Gasteiger charge is -2.27. The number of carbonyl (C=O) groups is 1. The third-order valence-electron chi connectivity index (χ3n) is 4.73. The fraction of sp³-hybridized carbons (Fsp3) is 0.450. The molecule has 29 heavy (non-hydrogen) atoms. The molecule has 3 heterocycles. The SMILES string of the molecule is C1CNCCN1.COc1ccccc1-c1nc(N2CCNCC2)ncc1C(=O)O. The highest BCUT2D eigenvalue weighted by atomic mass is 16.5. The maximum Gasteiger partial charge on any atom is 0.339 e. The van der Waals surface area contributed by atoms with E-state index in [1.165, 1.54) is 6.20 Å². The number of aromatic carboxylic acids is 1. The second-order valence-electron chi connectivity index (χ2n) is 6.67. The normalized spacial score (nSPS) is 16.5. The number of carboxylic acids is 1. The lowest BCUT2D eigenvalue weighted by Crippen LogP contribution is -2.44. The summed E-state index contributed by atoms with van der Waals surface area (Å²) in [7, 11) is 1.55. The van der Waals surface area contributed by atoms with Crippen LogP contribution in [0.1, 0.15) is 10.4 Å². The number of rotatable bonds is 4. The van der Waals surface area contributed by atoms with Gasteiger partial charge in [0, 0.05) is 64.1 Å². The quantitative estimate of drug-likeness (QED) is 0.581. The predicted octanol–water partition coefficient (Wildman–Crippen LogP) is 0.439. The smallest absolute Gasteiger partial charge is 0.339 e. The molecule has 0 bridgehead atoms. The largest absolute Gasteiger partial charge is 0.496 e. The van der Waals surface area contributed by atoms with Crippen LogP contribution in [0.5, 0.6) is 5.75 Å². The molecule has 0 saturated carbocycles. The number of carboxylic acid groups (broad SMARTS) is 1. The Kier molecular flexibility index (Phi) is 7.74. The summed E-state index contributed by atoms with van der Waals surface area (Å²) in [6.45, 7) is 7.84. The fourth-order valence-electron chi connectivity index (χ4n) is 3.20. The van der Waals surface area contributed by atoms with Gasteiger partial charge in [-0.1, -0.05) is 12.1 Å². The van der Waals surface area contributed by atoms with Gasteiger partial charge in [-0.2, -0.15) is 0 Å². The molecular formula is C20H28N6O3. The summed E-state index contributed by atoms with van der Waals surface area (Å²) < 4.78 is 5.34. The molecule has 0 unspecified atom stereocenters. The van der Waals surface area contributed by atoms with Crippen molar-refractivity contribution in [3.63, 3.8) is 0 Å². The Balaban J connectivity index is 0.000000343. The maximum atomic E-state index is 11.5. The van der Waals surface area contributed by atoms with Gasteiger partial charge in [0.1, 0.15) is 11.3 Å². The first-order valence-electron chi connectivity index (χ1n) is 9.81. The molecule has 9 heteroatoms. The summed E-state index contributed by atoms with van der Waals surface area (Å²) >= 11 is 0. The van der Waals surface area contributed by atoms with Crippen molar-refractivity contribution >= 4 is 11.9 Å². The Labute approximate surface area is 170 Å². The molecule has 0 spiro atoms. The van der Waals surface area contributed by atoms with Gasteiger partial charge in [-0.05, 0) is 12.1 Å². The molecule has 1 aromatic carbocycles. The highest BCUT2D eigenvalue weighted by molar-refractivity contribution is 5.95. The van der Waals surface area contributed by atoms with Crippen LogP contribution in [0.15, 0.2) is 30.5 Å². The third kappa shape index (κ3) is 5.63. The molecule has 2 aliphatic rings. The van der Waals surface area contributed by atoms with Gasteiger partial charge < -0.3 is 30.7 Å². The highest BCUT2D eigenvalue weighted by Gasteiger charge is 2.21. The Bertz CT molecular complexity index is 795. The molecule has 156 valence electrons. The number of anilines is 1. The number of methoxy groups -OCH3 is 1. The van der Waals surface area contributed by atoms with E-state index in [4.69, 9.17) is 4.74 Å². The fourth-order valence-corrected chi connectivity index (χ4v) is 3.20. The second-order valence-corrected chi connectivity index (χ2v) is 6.67. The maximum absolute atomic E-state index is 11.5. The Morgan fingerprint density at radius 1 is 1.03 bits per heavy atom. The number of nitrogens with zero attached hydrogens (tertiary/aromatic N) is 3. The van der Waals surface area contributed by atoms with Crippen molar-refractivity contribution in [2.75, 3.05) is 64.4 Å². The number of piperazine rings is 2. The summed E-state index contributed by atoms with van der Waals surface area (Å²) in [4.78, 5) is 22.3. The summed E-state index contributed by atoms with van der Waals surface area (Å²) in [5.41, 5.74) is 1.08. The first-order chi connectivity index (χ1) is 14.2. The molecule has 4 N–H and O–H groups in total. The second kappa shape index (κ2) is 10.7. The minimum atomic E-state index is -1.06. The van der Waals surface area contributed by atoms with Crippen molar-refractivity contribution in [1.29, 1.82) is 0 Å². The topological polar surface area (TPSA) is 112 Å². The lowest BCUT2D eigenvalue weighted by molar-refractivity contribution is 0.0697. The van der Waals surface area contributed by atoms with Gasteiger partial charge in [-0.25, -0.2) is 14.8 Å². The number of nitrogens with one attached hydrogen (secondary N) is 3. The molecule has 9 nitrogen and oxygen atoms in total. The van der Waals surface area contributed by atoms with Crippen molar-refractivity contribution in [2.45, 2.75) is 0 Å². The van der Waals surface area contributed by atoms with Gasteiger partial charge in [0.05, 0.1) is 12.8 Å². The van der Waals surface area contributed by atoms with Gasteiger partial charge in [-0.3, -0.25) is 0 Å². The zero-order valence-corrected chi connectivity index (χ0v) is 16.6. The summed E-state index contributed by atoms with van der Waals surface area (Å²) in [5.74, 6) is 0.0649. The zero-order valence-electron chi connectivity index (χ0n) is 16.6. The average molecular weight is 400 g/mol. The van der Waals surface area contributed by atoms with Crippen LogP contribution < -0.4 is 25.6 Å². The average Bonchev–Trinajstić information content (AvgIpc) is 2.80. The van der Waals surface area contributed by atoms with E-state index >= 15 is 0 Å². The van der Waals surface area contributed by atoms with Crippen LogP contribution in [0.2, 0.25) is 0 Å². The van der Waals surface area contributed by atoms with Crippen molar-refractivity contribution in [3.8, 4) is 17.0 Å². The van der Waals surface area contributed by atoms with Crippen LogP contribution in [-0.2, 0) is 0 Å². The van der Waals surface area contributed by atoms with E-state index in [0.29, 0.717) is 23.0 Å². The van der Waals surface area contributed by atoms with Crippen LogP contribution >= 0.6 is 0 Å². The first kappa shape index (κ1) is 21.0. The minimum Gasteiger partial charge on any atom is -0.496 e. The van der Waals surface area contributed by atoms with Crippen LogP contribution in [0, 0.1) is 0 Å². The Morgan fingerprint density at radius 2 is 1.66 bits per heavy atom. The van der Waals surface area contributed by atoms with Crippen LogP contribution in [0.3, 0.4) is 0 Å². The molecular weight excluding hydrogens is 372 g/mol. The summed E-state index contributed by atoms with van der Waals surface area (Å²) in [5, 5.41) is 19.2. The molecule has 0 aliphatic carbocycles. The number of hydrogen-bond acceptors (Lipinski definition) is 8. The minimum absolute atomic E-state index is 0.0633. The third-order valence-corrected chi connectivity index (χ3v) is 4.73. The monoisotopic (exact) mass is 400 g/mol. The zero-order chi connectivity index (χ0) is 20.5. The van der Waals surface area contributed by atoms with Gasteiger partial charge in [-0.15, -0.1) is 0 Å². The molecule has 2 fully saturated rings. The predicted molar refractivity (Wildman–Crippen MR) is 112 cm³/mol. The van der Waals surface area contributed by atoms with Crippen LogP contribution in [0.4, 0.5) is 5.95 Å². The number of aromatic nitrogens is 2. The first-order valence-corrected chi connectivity index (χ1v) is 9.81. The lowest BCUT2D eigenvalue weighted by atomic mass is 10.1. The number of hydrogen-bond donors (Lipinski definition) is 4. The molecule has 0 atom stereocenters. The van der Waals surface area contributed by atoms with E-state index in [9.17, 15) is 9.90 Å². The van der Waals surface area contributed by atoms with Crippen molar-refractivity contribution in [2.24, 2.45) is 0 Å². The molecule has 4 rings (SSSR count). The number of benzene rings is 1. The van der Waals surface area contributed by atoms with E-state index < -0.39 is 5.97 Å². The molecule has 2 saturated heterocycles. The highest BCUT2D eigenvalue weighted by Crippen LogP contribution is 2.31. The van der Waals surface area contributed by atoms with Crippen molar-refractivity contribution in [3.05, 3.63) is 36.0 Å². The van der Waals surface area contributed by atoms with E-state index in [1.54, 1.807) is 19.2 Å². The van der Waals surface area contributed by atoms with Gasteiger partial charge in [0.25, 0.3) is 0 Å². The molecule has 0 radical (unpaired) electrons. The Morgan fingerprint density at radius 3 is 2.24 bits per heavy atom. The van der Waals surface area contributed by atoms with Gasteiger partial charge in [0.2, 0.25) is 5.95 Å². The molecule has 0 amide bonds. The van der Waals surface area contributed by atoms with Gasteiger partial charge >= 0.3 is 5.97 Å². The number of ether oxygens (including phenoxy) is 1. The van der Waals surface area contributed by atoms with E-state index in [0.717, 1.165) is 52.4 Å². The summed E-state index contributed by atoms with van der Waals surface area (Å²) in [6, 6.07) is 7.25. The van der Waals surface area contributed by atoms with Crippen LogP contribution in [-0.4, -0.2) is 80.5 Å². The summed E-state index contributed by atoms with van der Waals surface area (Å²) in [6.07, 6.45) is 1.37. The molecule has 1 aromatic heterocycles. The number of para-hydroxylation sites is 1. The Hall–Kier alpha value is -2.75. The van der Waals surface area contributed by atoms with Crippen molar-refractivity contribution in [1.82, 2.24) is 25.9 Å². The van der Waals surface area contributed by atoms with E-state index in [2.05, 4.69) is 25.9 Å². The van der Waals surface area contributed by atoms with E-state index in [1.807, 2.05) is 17.0 Å².